The van der Waals surface area contributed by atoms with Crippen molar-refractivity contribution in [3.8, 4) is 0 Å². The van der Waals surface area contributed by atoms with E-state index in [1.165, 1.54) is 25.7 Å². The molecule has 15 heavy (non-hydrogen) atoms. The zero-order valence-electron chi connectivity index (χ0n) is 9.03. The molecule has 0 amide bonds. The molecule has 0 spiro atoms. The van der Waals surface area contributed by atoms with Crippen LogP contribution in [-0.2, 0) is 0 Å². The average Bonchev–Trinajstić information content (AvgIpc) is 2.08. The molecule has 0 unspecified atom stereocenters. The Morgan fingerprint density at radius 1 is 0.800 bits per heavy atom. The molecule has 0 aliphatic rings. The Bertz CT molecular complexity index is 169. The van der Waals surface area contributed by atoms with E-state index in [1.54, 1.807) is 23.5 Å². The van der Waals surface area contributed by atoms with Crippen LogP contribution in [-0.4, -0.2) is 49.7 Å². The van der Waals surface area contributed by atoms with Gasteiger partial charge in [-0.25, -0.2) is 0 Å². The van der Waals surface area contributed by atoms with E-state index in [2.05, 4.69) is 0 Å². The van der Waals surface area contributed by atoms with Gasteiger partial charge in [0.25, 0.3) is 0 Å². The van der Waals surface area contributed by atoms with E-state index in [0.29, 0.717) is 8.64 Å². The maximum absolute atomic E-state index is 5.35. The predicted molar refractivity (Wildman–Crippen MR) is 82.7 cm³/mol. The molecule has 2 nitrogen and oxygen atoms in total. The number of unbranched alkanes of at least 4 members (excludes halogenated alkanes) is 3. The second-order valence-corrected chi connectivity index (χ2v) is 6.42. The summed E-state index contributed by atoms with van der Waals surface area (Å²) in [6.07, 6.45) is 4.82. The summed E-state index contributed by atoms with van der Waals surface area (Å²) < 4.78 is 1.10. The minimum absolute atomic E-state index is 0. The predicted octanol–water partition coefficient (Wildman–Crippen LogP) is 2.12. The summed E-state index contributed by atoms with van der Waals surface area (Å²) in [6, 6.07) is 0. The Hall–Kier alpha value is 1.48. The molecule has 0 fully saturated rings. The van der Waals surface area contributed by atoms with Gasteiger partial charge in [-0.1, -0.05) is 60.8 Å². The quantitative estimate of drug-likeness (QED) is 0.426. The first kappa shape index (κ1) is 18.8. The van der Waals surface area contributed by atoms with Gasteiger partial charge in [-0.2, -0.15) is 0 Å². The van der Waals surface area contributed by atoms with Gasteiger partial charge in [-0.05, 0) is 12.8 Å². The van der Waals surface area contributed by atoms with Gasteiger partial charge in [0.1, 0.15) is 8.64 Å². The van der Waals surface area contributed by atoms with Crippen molar-refractivity contribution >= 4 is 86.2 Å². The number of rotatable bonds is 7. The van der Waals surface area contributed by atoms with E-state index in [-0.39, 0.29) is 29.6 Å². The van der Waals surface area contributed by atoms with Crippen LogP contribution in [0.4, 0.5) is 0 Å². The normalized spacial score (nSPS) is 9.33. The molecule has 1 radical (unpaired) electrons. The van der Waals surface area contributed by atoms with Gasteiger partial charge >= 0.3 is 0 Å². The average molecular weight is 291 g/mol. The standard InChI is InChI=1S/C8H16N2S4.Na/c9-7(11)13-5-3-1-2-4-6-14-8(10)12;/h1-6H2,(H2,9,11)(H2,10,12);. The van der Waals surface area contributed by atoms with Crippen molar-refractivity contribution in [1.82, 2.24) is 0 Å². The summed E-state index contributed by atoms with van der Waals surface area (Å²) in [5.74, 6) is 2.08. The van der Waals surface area contributed by atoms with Crippen LogP contribution in [0.15, 0.2) is 0 Å². The minimum atomic E-state index is 0. The molecule has 0 aliphatic heterocycles. The molecule has 0 aromatic heterocycles. The van der Waals surface area contributed by atoms with Crippen molar-refractivity contribution in [1.29, 1.82) is 0 Å². The number of hydrogen-bond acceptors (Lipinski definition) is 4. The fourth-order valence-corrected chi connectivity index (χ4v) is 2.50. The number of thioether (sulfide) groups is 2. The van der Waals surface area contributed by atoms with Crippen molar-refractivity contribution in [2.24, 2.45) is 11.5 Å². The largest absolute Gasteiger partial charge is 0.385 e. The summed E-state index contributed by atoms with van der Waals surface area (Å²) >= 11 is 12.6. The van der Waals surface area contributed by atoms with Gasteiger partial charge in [0.15, 0.2) is 0 Å². The number of nitrogens with two attached hydrogens (primary N) is 2. The number of hydrogen-bond donors (Lipinski definition) is 2. The van der Waals surface area contributed by atoms with Crippen molar-refractivity contribution in [3.05, 3.63) is 0 Å². The molecule has 0 saturated carbocycles. The van der Waals surface area contributed by atoms with Gasteiger partial charge in [-0.3, -0.25) is 0 Å². The van der Waals surface area contributed by atoms with E-state index in [4.69, 9.17) is 35.9 Å². The van der Waals surface area contributed by atoms with Crippen LogP contribution in [0.5, 0.6) is 0 Å². The Morgan fingerprint density at radius 3 is 1.40 bits per heavy atom. The second-order valence-electron chi connectivity index (χ2n) is 2.75. The van der Waals surface area contributed by atoms with Crippen LogP contribution in [0.3, 0.4) is 0 Å². The molecule has 0 rings (SSSR count). The molecular weight excluding hydrogens is 275 g/mol. The molecule has 7 heteroatoms. The van der Waals surface area contributed by atoms with E-state index in [0.717, 1.165) is 11.5 Å². The Balaban J connectivity index is 0. The number of thiocarbonyl (C=S) groups is 2. The third-order valence-electron chi connectivity index (χ3n) is 1.53. The van der Waals surface area contributed by atoms with Crippen LogP contribution < -0.4 is 11.5 Å². The zero-order valence-corrected chi connectivity index (χ0v) is 14.3. The van der Waals surface area contributed by atoms with E-state index in [1.807, 2.05) is 0 Å². The third-order valence-corrected chi connectivity index (χ3v) is 3.79. The van der Waals surface area contributed by atoms with Crippen molar-refractivity contribution < 1.29 is 0 Å². The molecule has 4 N–H and O–H groups in total. The molecule has 0 aromatic carbocycles. The van der Waals surface area contributed by atoms with Crippen molar-refractivity contribution in [3.63, 3.8) is 0 Å². The Morgan fingerprint density at radius 2 is 1.13 bits per heavy atom. The van der Waals surface area contributed by atoms with E-state index in [9.17, 15) is 0 Å². The van der Waals surface area contributed by atoms with Crippen LogP contribution >= 0.6 is 48.0 Å². The smallest absolute Gasteiger partial charge is 0.131 e. The van der Waals surface area contributed by atoms with Crippen molar-refractivity contribution in [2.75, 3.05) is 11.5 Å². The summed E-state index contributed by atoms with van der Waals surface area (Å²) in [4.78, 5) is 0. The molecule has 0 atom stereocenters. The van der Waals surface area contributed by atoms with Crippen LogP contribution in [0.25, 0.3) is 0 Å². The summed E-state index contributed by atoms with van der Waals surface area (Å²) in [5, 5.41) is 0. The first-order valence-electron chi connectivity index (χ1n) is 4.47. The monoisotopic (exact) mass is 291 g/mol. The summed E-state index contributed by atoms with van der Waals surface area (Å²) in [7, 11) is 0. The molecular formula is C8H16N2NaS4. The topological polar surface area (TPSA) is 52.0 Å². The Kier molecular flexibility index (Phi) is 17.0. The minimum Gasteiger partial charge on any atom is -0.385 e. The van der Waals surface area contributed by atoms with E-state index < -0.39 is 0 Å². The zero-order chi connectivity index (χ0) is 10.8. The van der Waals surface area contributed by atoms with E-state index >= 15 is 0 Å². The van der Waals surface area contributed by atoms with Gasteiger partial charge in [0.2, 0.25) is 0 Å². The molecule has 0 aliphatic carbocycles. The molecule has 0 aromatic rings. The van der Waals surface area contributed by atoms with Gasteiger partial charge in [-0.15, -0.1) is 0 Å². The van der Waals surface area contributed by atoms with Gasteiger partial charge < -0.3 is 11.5 Å². The van der Waals surface area contributed by atoms with Crippen LogP contribution in [0.2, 0.25) is 0 Å². The molecule has 0 bridgehead atoms. The van der Waals surface area contributed by atoms with Crippen LogP contribution in [0, 0.1) is 0 Å². The maximum atomic E-state index is 5.35. The fraction of sp³-hybridized carbons (Fsp3) is 0.750. The van der Waals surface area contributed by atoms with Gasteiger partial charge in [0.05, 0.1) is 0 Å². The summed E-state index contributed by atoms with van der Waals surface area (Å²) in [6.45, 7) is 0. The van der Waals surface area contributed by atoms with Crippen molar-refractivity contribution in [2.45, 2.75) is 25.7 Å². The fourth-order valence-electron chi connectivity index (χ4n) is 0.903. The maximum Gasteiger partial charge on any atom is 0.131 e. The first-order valence-corrected chi connectivity index (χ1v) is 7.26. The third kappa shape index (κ3) is 18.1. The first-order chi connectivity index (χ1) is 6.63. The molecule has 0 heterocycles. The van der Waals surface area contributed by atoms with Crippen LogP contribution in [0.1, 0.15) is 25.7 Å². The molecule has 0 saturated heterocycles. The molecule has 83 valence electrons. The Labute approximate surface area is 133 Å². The van der Waals surface area contributed by atoms with Gasteiger partial charge in [0, 0.05) is 41.1 Å². The SMILES string of the molecule is NC(=S)SCCCCCCSC(N)=S.[Na]. The second kappa shape index (κ2) is 13.5. The summed E-state index contributed by atoms with van der Waals surface area (Å²) in [5.41, 5.74) is 10.7.